The van der Waals surface area contributed by atoms with Gasteiger partial charge in [0.25, 0.3) is 0 Å². The predicted octanol–water partition coefficient (Wildman–Crippen LogP) is 2.79. The molecule has 1 aromatic carbocycles. The van der Waals surface area contributed by atoms with Gasteiger partial charge >= 0.3 is 0 Å². The van der Waals surface area contributed by atoms with Crippen LogP contribution in [0.3, 0.4) is 0 Å². The lowest BCUT2D eigenvalue weighted by Gasteiger charge is -2.43. The molecule has 1 heterocycles. The average Bonchev–Trinajstić information content (AvgIpc) is 2.82. The van der Waals surface area contributed by atoms with Gasteiger partial charge in [-0.15, -0.1) is 0 Å². The van der Waals surface area contributed by atoms with E-state index in [-0.39, 0.29) is 0 Å². The smallest absolute Gasteiger partial charge is 0.123 e. The maximum Gasteiger partial charge on any atom is 0.123 e. The van der Waals surface area contributed by atoms with Crippen LogP contribution in [0.4, 0.5) is 0 Å². The molecule has 1 aromatic rings. The molecule has 1 fully saturated rings. The quantitative estimate of drug-likeness (QED) is 0.776. The summed E-state index contributed by atoms with van der Waals surface area (Å²) < 4.78 is 11.2. The molecule has 110 valence electrons. The molecule has 0 radical (unpaired) electrons. The normalized spacial score (nSPS) is 22.9. The average molecular weight is 275 g/mol. The van der Waals surface area contributed by atoms with E-state index in [9.17, 15) is 0 Å². The molecule has 2 aliphatic rings. The molecule has 1 saturated carbocycles. The molecule has 0 spiro atoms. The molecule has 0 bridgehead atoms. The van der Waals surface area contributed by atoms with Crippen LogP contribution in [0, 0.1) is 5.41 Å². The van der Waals surface area contributed by atoms with Gasteiger partial charge in [-0.2, -0.15) is 0 Å². The fraction of sp³-hybridized carbons (Fsp3) is 0.647. The summed E-state index contributed by atoms with van der Waals surface area (Å²) in [6.07, 6.45) is 6.67. The number of benzene rings is 1. The first kappa shape index (κ1) is 13.9. The van der Waals surface area contributed by atoms with Gasteiger partial charge in [0.1, 0.15) is 11.9 Å². The van der Waals surface area contributed by atoms with Crippen molar-refractivity contribution in [3.63, 3.8) is 0 Å². The van der Waals surface area contributed by atoms with Crippen LogP contribution in [0.1, 0.15) is 31.2 Å². The molecule has 20 heavy (non-hydrogen) atoms. The number of fused-ring (bicyclic) bond motifs is 1. The summed E-state index contributed by atoms with van der Waals surface area (Å²) >= 11 is 0. The number of hydrogen-bond acceptors (Lipinski definition) is 3. The van der Waals surface area contributed by atoms with Crippen LogP contribution >= 0.6 is 0 Å². The number of hydrogen-bond donors (Lipinski definition) is 1. The number of methoxy groups -OCH3 is 1. The van der Waals surface area contributed by atoms with Gasteiger partial charge in [0.2, 0.25) is 0 Å². The minimum atomic E-state index is 0.372. The Labute approximate surface area is 121 Å². The highest BCUT2D eigenvalue weighted by Crippen LogP contribution is 2.46. The van der Waals surface area contributed by atoms with Crippen LogP contribution < -0.4 is 10.1 Å². The van der Waals surface area contributed by atoms with Crippen LogP contribution in [0.2, 0.25) is 0 Å². The van der Waals surface area contributed by atoms with Crippen molar-refractivity contribution in [2.75, 3.05) is 26.8 Å². The minimum Gasteiger partial charge on any atom is -0.490 e. The Morgan fingerprint density at radius 3 is 2.90 bits per heavy atom. The second kappa shape index (κ2) is 6.15. The maximum atomic E-state index is 6.11. The Morgan fingerprint density at radius 2 is 2.20 bits per heavy atom. The molecule has 1 N–H and O–H groups in total. The van der Waals surface area contributed by atoms with Crippen molar-refractivity contribution in [3.8, 4) is 5.75 Å². The molecule has 0 aromatic heterocycles. The topological polar surface area (TPSA) is 30.5 Å². The summed E-state index contributed by atoms with van der Waals surface area (Å²) in [4.78, 5) is 0. The highest BCUT2D eigenvalue weighted by molar-refractivity contribution is 5.37. The molecule has 1 aliphatic carbocycles. The zero-order valence-electron chi connectivity index (χ0n) is 12.4. The van der Waals surface area contributed by atoms with E-state index in [1.54, 1.807) is 7.11 Å². The van der Waals surface area contributed by atoms with E-state index in [1.165, 1.54) is 31.2 Å². The zero-order valence-corrected chi connectivity index (χ0v) is 12.4. The van der Waals surface area contributed by atoms with E-state index in [2.05, 4.69) is 29.6 Å². The van der Waals surface area contributed by atoms with E-state index < -0.39 is 0 Å². The SMILES string of the molecule is COCCNCC1(CC2Cc3ccccc3O2)CCC1. The lowest BCUT2D eigenvalue weighted by atomic mass is 9.65. The van der Waals surface area contributed by atoms with E-state index >= 15 is 0 Å². The Morgan fingerprint density at radius 1 is 1.35 bits per heavy atom. The van der Waals surface area contributed by atoms with Gasteiger partial charge in [0.15, 0.2) is 0 Å². The van der Waals surface area contributed by atoms with Crippen LogP contribution in [0.25, 0.3) is 0 Å². The van der Waals surface area contributed by atoms with Crippen molar-refractivity contribution in [2.24, 2.45) is 5.41 Å². The maximum absolute atomic E-state index is 6.11. The van der Waals surface area contributed by atoms with Crippen molar-refractivity contribution < 1.29 is 9.47 Å². The zero-order chi connectivity index (χ0) is 13.8. The monoisotopic (exact) mass is 275 g/mol. The largest absolute Gasteiger partial charge is 0.490 e. The fourth-order valence-electron chi connectivity index (χ4n) is 3.51. The highest BCUT2D eigenvalue weighted by Gasteiger charge is 2.40. The Balaban J connectivity index is 1.52. The van der Waals surface area contributed by atoms with Crippen molar-refractivity contribution in [3.05, 3.63) is 29.8 Å². The second-order valence-electron chi connectivity index (χ2n) is 6.28. The molecule has 3 rings (SSSR count). The van der Waals surface area contributed by atoms with E-state index in [4.69, 9.17) is 9.47 Å². The number of nitrogens with one attached hydrogen (secondary N) is 1. The first-order valence-electron chi connectivity index (χ1n) is 7.76. The van der Waals surface area contributed by atoms with Gasteiger partial charge in [-0.3, -0.25) is 0 Å². The Hall–Kier alpha value is -1.06. The van der Waals surface area contributed by atoms with Gasteiger partial charge < -0.3 is 14.8 Å². The van der Waals surface area contributed by atoms with Crippen molar-refractivity contribution in [1.29, 1.82) is 0 Å². The third kappa shape index (κ3) is 2.99. The number of ether oxygens (including phenoxy) is 2. The first-order chi connectivity index (χ1) is 9.81. The molecule has 1 atom stereocenters. The lowest BCUT2D eigenvalue weighted by molar-refractivity contribution is 0.0589. The molecular weight excluding hydrogens is 250 g/mol. The molecule has 1 aliphatic heterocycles. The van der Waals surface area contributed by atoms with Crippen LogP contribution in [0.15, 0.2) is 24.3 Å². The molecular formula is C17H25NO2. The van der Waals surface area contributed by atoms with Gasteiger partial charge in [0.05, 0.1) is 6.61 Å². The van der Waals surface area contributed by atoms with E-state index in [0.717, 1.165) is 31.9 Å². The standard InChI is InChI=1S/C17H25NO2/c1-19-10-9-18-13-17(7-4-8-17)12-15-11-14-5-2-3-6-16(14)20-15/h2-3,5-6,15,18H,4,7-13H2,1H3. The Bertz CT molecular complexity index is 417. The van der Waals surface area contributed by atoms with Crippen molar-refractivity contribution >= 4 is 0 Å². The summed E-state index contributed by atoms with van der Waals surface area (Å²) in [5, 5.41) is 3.54. The van der Waals surface area contributed by atoms with Crippen LogP contribution in [-0.4, -0.2) is 32.9 Å². The third-order valence-electron chi connectivity index (χ3n) is 4.77. The van der Waals surface area contributed by atoms with E-state index in [1.807, 2.05) is 0 Å². The Kier molecular flexibility index (Phi) is 4.27. The highest BCUT2D eigenvalue weighted by atomic mass is 16.5. The van der Waals surface area contributed by atoms with Gasteiger partial charge in [0, 0.05) is 26.6 Å². The molecule has 3 heteroatoms. The molecule has 1 unspecified atom stereocenters. The second-order valence-corrected chi connectivity index (χ2v) is 6.28. The van der Waals surface area contributed by atoms with Crippen LogP contribution in [-0.2, 0) is 11.2 Å². The van der Waals surface area contributed by atoms with Crippen molar-refractivity contribution in [2.45, 2.75) is 38.2 Å². The van der Waals surface area contributed by atoms with Crippen molar-refractivity contribution in [1.82, 2.24) is 5.32 Å². The van der Waals surface area contributed by atoms with Crippen LogP contribution in [0.5, 0.6) is 5.75 Å². The van der Waals surface area contributed by atoms with E-state index in [0.29, 0.717) is 11.5 Å². The lowest BCUT2D eigenvalue weighted by Crippen LogP contribution is -2.43. The predicted molar refractivity (Wildman–Crippen MR) is 80.2 cm³/mol. The van der Waals surface area contributed by atoms with Gasteiger partial charge in [-0.05, 0) is 36.3 Å². The molecule has 0 amide bonds. The summed E-state index contributed by atoms with van der Waals surface area (Å²) in [6, 6.07) is 8.46. The molecule has 0 saturated heterocycles. The minimum absolute atomic E-state index is 0.372. The molecule has 3 nitrogen and oxygen atoms in total. The first-order valence-corrected chi connectivity index (χ1v) is 7.76. The summed E-state index contributed by atoms with van der Waals surface area (Å²) in [6.45, 7) is 2.85. The summed E-state index contributed by atoms with van der Waals surface area (Å²) in [5.74, 6) is 1.10. The number of rotatable bonds is 7. The summed E-state index contributed by atoms with van der Waals surface area (Å²) in [7, 11) is 1.75. The summed E-state index contributed by atoms with van der Waals surface area (Å²) in [5.41, 5.74) is 1.83. The van der Waals surface area contributed by atoms with Gasteiger partial charge in [-0.1, -0.05) is 24.6 Å². The fourth-order valence-corrected chi connectivity index (χ4v) is 3.51. The van der Waals surface area contributed by atoms with Gasteiger partial charge in [-0.25, -0.2) is 0 Å². The third-order valence-corrected chi connectivity index (χ3v) is 4.77. The number of para-hydroxylation sites is 1.